The van der Waals surface area contributed by atoms with E-state index in [1.807, 2.05) is 14.1 Å². The van der Waals surface area contributed by atoms with Crippen LogP contribution < -0.4 is 5.32 Å². The third-order valence-electron chi connectivity index (χ3n) is 3.01. The minimum absolute atomic E-state index is 0.0348. The van der Waals surface area contributed by atoms with E-state index in [-0.39, 0.29) is 11.8 Å². The zero-order valence-electron chi connectivity index (χ0n) is 11.1. The van der Waals surface area contributed by atoms with Crippen molar-refractivity contribution in [2.45, 2.75) is 32.2 Å². The predicted octanol–water partition coefficient (Wildman–Crippen LogP) is 1.70. The Balaban J connectivity index is 3.91. The topological polar surface area (TPSA) is 32.3 Å². The lowest BCUT2D eigenvalue weighted by Gasteiger charge is -2.21. The van der Waals surface area contributed by atoms with Crippen molar-refractivity contribution in [2.75, 3.05) is 32.1 Å². The van der Waals surface area contributed by atoms with Crippen molar-refractivity contribution in [1.82, 2.24) is 10.2 Å². The molecule has 1 amide bonds. The molecule has 0 aliphatic carbocycles. The minimum atomic E-state index is 0.0348. The summed E-state index contributed by atoms with van der Waals surface area (Å²) in [5, 5.41) is 2.99. The van der Waals surface area contributed by atoms with Crippen molar-refractivity contribution in [3.8, 4) is 0 Å². The van der Waals surface area contributed by atoms with Crippen LogP contribution >= 0.6 is 25.3 Å². The van der Waals surface area contributed by atoms with Gasteiger partial charge in [0.15, 0.2) is 0 Å². The molecule has 5 heteroatoms. The fraction of sp³-hybridized carbons (Fsp3) is 0.917. The van der Waals surface area contributed by atoms with Gasteiger partial charge >= 0.3 is 0 Å². The highest BCUT2D eigenvalue weighted by Gasteiger charge is 2.17. The van der Waals surface area contributed by atoms with E-state index in [0.29, 0.717) is 18.3 Å². The Morgan fingerprint density at radius 2 is 1.94 bits per heavy atom. The first-order chi connectivity index (χ1) is 8.02. The van der Waals surface area contributed by atoms with Gasteiger partial charge in [0.2, 0.25) is 5.91 Å². The maximum absolute atomic E-state index is 11.9. The number of thiol groups is 2. The van der Waals surface area contributed by atoms with Gasteiger partial charge in [0, 0.05) is 24.3 Å². The summed E-state index contributed by atoms with van der Waals surface area (Å²) in [5.74, 6) is 1.67. The van der Waals surface area contributed by atoms with Crippen molar-refractivity contribution in [3.05, 3.63) is 0 Å². The molecule has 0 aromatic rings. The second kappa shape index (κ2) is 10.1. The van der Waals surface area contributed by atoms with Crippen LogP contribution in [0.5, 0.6) is 0 Å². The zero-order valence-corrected chi connectivity index (χ0v) is 12.9. The van der Waals surface area contributed by atoms with Crippen molar-refractivity contribution in [2.24, 2.45) is 5.92 Å². The second-order valence-corrected chi connectivity index (χ2v) is 5.47. The summed E-state index contributed by atoms with van der Waals surface area (Å²) >= 11 is 8.42. The molecule has 0 fully saturated rings. The van der Waals surface area contributed by atoms with Crippen LogP contribution in [0, 0.1) is 5.92 Å². The maximum Gasteiger partial charge on any atom is 0.223 e. The molecule has 2 atom stereocenters. The van der Waals surface area contributed by atoms with Crippen molar-refractivity contribution in [3.63, 3.8) is 0 Å². The summed E-state index contributed by atoms with van der Waals surface area (Å²) in [4.78, 5) is 14.0. The largest absolute Gasteiger partial charge is 0.354 e. The van der Waals surface area contributed by atoms with E-state index < -0.39 is 0 Å². The summed E-state index contributed by atoms with van der Waals surface area (Å²) in [7, 11) is 4.03. The van der Waals surface area contributed by atoms with Crippen LogP contribution in [0.3, 0.4) is 0 Å². The normalized spacial score (nSPS) is 14.7. The molecule has 0 heterocycles. The van der Waals surface area contributed by atoms with E-state index in [4.69, 9.17) is 0 Å². The van der Waals surface area contributed by atoms with E-state index in [9.17, 15) is 4.79 Å². The second-order valence-electron chi connectivity index (χ2n) is 4.66. The Hall–Kier alpha value is 0.130. The molecular weight excluding hydrogens is 252 g/mol. The molecule has 102 valence electrons. The molecule has 0 bridgehead atoms. The van der Waals surface area contributed by atoms with Crippen LogP contribution in [0.2, 0.25) is 0 Å². The van der Waals surface area contributed by atoms with Crippen LogP contribution in [0.25, 0.3) is 0 Å². The van der Waals surface area contributed by atoms with E-state index in [2.05, 4.69) is 42.4 Å². The SMILES string of the molecule is CC(CNC(=O)C(CS)CCCCS)N(C)C. The molecule has 2 unspecified atom stereocenters. The zero-order chi connectivity index (χ0) is 13.3. The Labute approximate surface area is 117 Å². The third-order valence-corrected chi connectivity index (χ3v) is 3.76. The molecule has 0 aromatic carbocycles. The number of rotatable bonds is 9. The molecule has 0 aliphatic rings. The molecule has 17 heavy (non-hydrogen) atoms. The molecule has 0 aromatic heterocycles. The number of nitrogens with zero attached hydrogens (tertiary/aromatic N) is 1. The smallest absolute Gasteiger partial charge is 0.223 e. The molecule has 0 rings (SSSR count). The van der Waals surface area contributed by atoms with Gasteiger partial charge in [0.05, 0.1) is 0 Å². The number of likely N-dealkylation sites (N-methyl/N-ethyl adjacent to an activating group) is 1. The van der Waals surface area contributed by atoms with Gasteiger partial charge in [-0.25, -0.2) is 0 Å². The lowest BCUT2D eigenvalue weighted by Crippen LogP contribution is -2.41. The average molecular weight is 278 g/mol. The van der Waals surface area contributed by atoms with E-state index in [1.165, 1.54) is 0 Å². The van der Waals surface area contributed by atoms with E-state index >= 15 is 0 Å². The minimum Gasteiger partial charge on any atom is -0.354 e. The third kappa shape index (κ3) is 7.95. The maximum atomic E-state index is 11.9. The molecule has 1 N–H and O–H groups in total. The fourth-order valence-electron chi connectivity index (χ4n) is 1.38. The van der Waals surface area contributed by atoms with Gasteiger partial charge in [0.1, 0.15) is 0 Å². The summed E-state index contributed by atoms with van der Waals surface area (Å²) in [6, 6.07) is 0.358. The molecule has 0 saturated carbocycles. The molecule has 0 aliphatic heterocycles. The quantitative estimate of drug-likeness (QED) is 0.443. The highest BCUT2D eigenvalue weighted by molar-refractivity contribution is 7.80. The number of nitrogens with one attached hydrogen (secondary N) is 1. The number of carbonyl (C=O) groups is 1. The Bertz CT molecular complexity index is 213. The number of amides is 1. The van der Waals surface area contributed by atoms with Crippen LogP contribution in [-0.4, -0.2) is 49.0 Å². The Morgan fingerprint density at radius 3 is 2.41 bits per heavy atom. The van der Waals surface area contributed by atoms with E-state index in [0.717, 1.165) is 25.0 Å². The number of hydrogen-bond acceptors (Lipinski definition) is 4. The van der Waals surface area contributed by atoms with Crippen LogP contribution in [0.1, 0.15) is 26.2 Å². The van der Waals surface area contributed by atoms with Gasteiger partial charge in [-0.15, -0.1) is 0 Å². The first-order valence-electron chi connectivity index (χ1n) is 6.18. The van der Waals surface area contributed by atoms with Crippen LogP contribution in [-0.2, 0) is 4.79 Å². The highest BCUT2D eigenvalue weighted by Crippen LogP contribution is 2.11. The first-order valence-corrected chi connectivity index (χ1v) is 7.45. The van der Waals surface area contributed by atoms with Gasteiger partial charge in [-0.3, -0.25) is 4.79 Å². The van der Waals surface area contributed by atoms with Crippen molar-refractivity contribution < 1.29 is 4.79 Å². The highest BCUT2D eigenvalue weighted by atomic mass is 32.1. The van der Waals surface area contributed by atoms with Crippen molar-refractivity contribution in [1.29, 1.82) is 0 Å². The van der Waals surface area contributed by atoms with Gasteiger partial charge < -0.3 is 10.2 Å². The van der Waals surface area contributed by atoms with E-state index in [1.54, 1.807) is 0 Å². The number of hydrogen-bond donors (Lipinski definition) is 3. The fourth-order valence-corrected chi connectivity index (χ4v) is 1.96. The van der Waals surface area contributed by atoms with Crippen LogP contribution in [0.4, 0.5) is 0 Å². The monoisotopic (exact) mass is 278 g/mol. The van der Waals surface area contributed by atoms with Gasteiger partial charge in [-0.2, -0.15) is 25.3 Å². The van der Waals surface area contributed by atoms with Crippen LogP contribution in [0.15, 0.2) is 0 Å². The molecule has 0 spiro atoms. The standard InChI is InChI=1S/C12H26N2OS2/c1-10(14(2)3)8-13-12(15)11(9-17)6-4-5-7-16/h10-11,16-17H,4-9H2,1-3H3,(H,13,15). The number of carbonyl (C=O) groups excluding carboxylic acids is 1. The molecular formula is C12H26N2OS2. The lowest BCUT2D eigenvalue weighted by molar-refractivity contribution is -0.124. The van der Waals surface area contributed by atoms with Gasteiger partial charge in [0.25, 0.3) is 0 Å². The summed E-state index contributed by atoms with van der Waals surface area (Å²) in [6.07, 6.45) is 3.02. The predicted molar refractivity (Wildman–Crippen MR) is 81.2 cm³/mol. The summed E-state index contributed by atoms with van der Waals surface area (Å²) < 4.78 is 0. The number of unbranched alkanes of at least 4 members (excludes halogenated alkanes) is 1. The molecule has 3 nitrogen and oxygen atoms in total. The Morgan fingerprint density at radius 1 is 1.29 bits per heavy atom. The average Bonchev–Trinajstić information content (AvgIpc) is 2.31. The van der Waals surface area contributed by atoms with Gasteiger partial charge in [-0.1, -0.05) is 6.42 Å². The summed E-state index contributed by atoms with van der Waals surface area (Å²) in [5.41, 5.74) is 0. The molecule has 0 radical (unpaired) electrons. The van der Waals surface area contributed by atoms with Gasteiger partial charge in [-0.05, 0) is 39.6 Å². The molecule has 0 saturated heterocycles. The Kier molecular flexibility index (Phi) is 10.2. The lowest BCUT2D eigenvalue weighted by atomic mass is 10.0. The summed E-state index contributed by atoms with van der Waals surface area (Å²) in [6.45, 7) is 2.79. The first kappa shape index (κ1) is 17.1. The van der Waals surface area contributed by atoms with Crippen molar-refractivity contribution >= 4 is 31.2 Å².